The maximum Gasteiger partial charge on any atom is 0.344 e. The molecule has 12 heavy (non-hydrogen) atoms. The average Bonchev–Trinajstić information content (AvgIpc) is 1.96. The molecule has 0 N–H and O–H groups in total. The standard InChI is InChI=1S/C8H17Cl3Si/c1-3-4-5-6-7-8(2)12(9,10)11/h8H,3-7H2,1-2H3. The van der Waals surface area contributed by atoms with Crippen molar-refractivity contribution in [3.63, 3.8) is 0 Å². The van der Waals surface area contributed by atoms with Crippen molar-refractivity contribution in [1.29, 1.82) is 0 Å². The van der Waals surface area contributed by atoms with Gasteiger partial charge in [-0.1, -0.05) is 39.5 Å². The van der Waals surface area contributed by atoms with E-state index in [1.807, 2.05) is 6.92 Å². The van der Waals surface area contributed by atoms with Crippen LogP contribution in [0, 0.1) is 0 Å². The number of hydrogen-bond acceptors (Lipinski definition) is 0. The molecule has 0 aliphatic carbocycles. The van der Waals surface area contributed by atoms with E-state index in [0.29, 0.717) is 5.54 Å². The molecule has 0 fully saturated rings. The first-order chi connectivity index (χ1) is 5.48. The SMILES string of the molecule is CCCCCCC(C)[Si](Cl)(Cl)Cl. The van der Waals surface area contributed by atoms with Gasteiger partial charge >= 0.3 is 6.00 Å². The molecule has 74 valence electrons. The molecule has 0 radical (unpaired) electrons. The van der Waals surface area contributed by atoms with E-state index in [1.54, 1.807) is 0 Å². The fourth-order valence-electron chi connectivity index (χ4n) is 1.04. The lowest BCUT2D eigenvalue weighted by molar-refractivity contribution is 0.622. The summed E-state index contributed by atoms with van der Waals surface area (Å²) >= 11 is 17.6. The Morgan fingerprint density at radius 2 is 1.67 bits per heavy atom. The minimum Gasteiger partial charge on any atom is -0.126 e. The molecule has 0 saturated carbocycles. The molecule has 0 amide bonds. The predicted molar refractivity (Wildman–Crippen MR) is 61.5 cm³/mol. The third-order valence-electron chi connectivity index (χ3n) is 2.05. The highest BCUT2D eigenvalue weighted by Crippen LogP contribution is 2.36. The second-order valence-corrected chi connectivity index (χ2v) is 12.5. The van der Waals surface area contributed by atoms with Crippen LogP contribution in [0.2, 0.25) is 5.54 Å². The quantitative estimate of drug-likeness (QED) is 0.352. The Balaban J connectivity index is 3.38. The van der Waals surface area contributed by atoms with Crippen molar-refractivity contribution in [3.05, 3.63) is 0 Å². The third-order valence-corrected chi connectivity index (χ3v) is 6.81. The number of rotatable bonds is 6. The minimum absolute atomic E-state index is 0.305. The van der Waals surface area contributed by atoms with E-state index in [9.17, 15) is 0 Å². The molecule has 0 aromatic heterocycles. The molecule has 0 aliphatic heterocycles. The molecule has 0 spiro atoms. The summed E-state index contributed by atoms with van der Waals surface area (Å²) in [6.45, 7) is 4.25. The second-order valence-electron chi connectivity index (χ2n) is 3.29. The van der Waals surface area contributed by atoms with E-state index in [4.69, 9.17) is 33.2 Å². The summed E-state index contributed by atoms with van der Waals surface area (Å²) in [5.74, 6) is 0. The molecular weight excluding hydrogens is 231 g/mol. The zero-order valence-electron chi connectivity index (χ0n) is 7.75. The Labute approximate surface area is 90.7 Å². The summed E-state index contributed by atoms with van der Waals surface area (Å²) in [6.07, 6.45) is 6.11. The van der Waals surface area contributed by atoms with Crippen LogP contribution in [0.25, 0.3) is 0 Å². The Hall–Kier alpha value is 1.09. The van der Waals surface area contributed by atoms with E-state index in [-0.39, 0.29) is 0 Å². The lowest BCUT2D eigenvalue weighted by atomic mass is 10.1. The highest BCUT2D eigenvalue weighted by atomic mass is 35.8. The van der Waals surface area contributed by atoms with Gasteiger partial charge in [-0.2, -0.15) is 0 Å². The highest BCUT2D eigenvalue weighted by molar-refractivity contribution is 7.65. The van der Waals surface area contributed by atoms with Gasteiger partial charge in [0.25, 0.3) is 0 Å². The molecule has 0 nitrogen and oxygen atoms in total. The van der Waals surface area contributed by atoms with Crippen LogP contribution in [0.3, 0.4) is 0 Å². The molecule has 0 bridgehead atoms. The summed E-state index contributed by atoms with van der Waals surface area (Å²) in [7, 11) is 0. The van der Waals surface area contributed by atoms with Gasteiger partial charge in [-0.05, 0) is 12.0 Å². The third kappa shape index (κ3) is 6.59. The zero-order valence-corrected chi connectivity index (χ0v) is 11.0. The molecule has 1 atom stereocenters. The van der Waals surface area contributed by atoms with Crippen molar-refractivity contribution in [2.45, 2.75) is 51.5 Å². The molecule has 1 unspecified atom stereocenters. The smallest absolute Gasteiger partial charge is 0.126 e. The molecule has 0 heterocycles. The van der Waals surface area contributed by atoms with Gasteiger partial charge in [0, 0.05) is 0 Å². The van der Waals surface area contributed by atoms with Gasteiger partial charge in [0.05, 0.1) is 0 Å². The first-order valence-corrected chi connectivity index (χ1v) is 9.66. The molecule has 0 rings (SSSR count). The molecule has 0 aromatic carbocycles. The van der Waals surface area contributed by atoms with Crippen LogP contribution >= 0.6 is 33.2 Å². The zero-order chi connectivity index (χ0) is 9.61. The van der Waals surface area contributed by atoms with Crippen molar-refractivity contribution >= 4 is 39.2 Å². The number of hydrogen-bond donors (Lipinski definition) is 0. The minimum atomic E-state index is -2.40. The van der Waals surface area contributed by atoms with E-state index >= 15 is 0 Å². The summed E-state index contributed by atoms with van der Waals surface area (Å²) in [4.78, 5) is 0. The largest absolute Gasteiger partial charge is 0.344 e. The molecule has 0 aliphatic rings. The van der Waals surface area contributed by atoms with E-state index in [1.165, 1.54) is 25.7 Å². The molecular formula is C8H17Cl3Si. The van der Waals surface area contributed by atoms with E-state index in [0.717, 1.165) is 6.42 Å². The van der Waals surface area contributed by atoms with Crippen molar-refractivity contribution < 1.29 is 0 Å². The Bertz CT molecular complexity index is 111. The average molecular weight is 248 g/mol. The van der Waals surface area contributed by atoms with Crippen LogP contribution in [-0.2, 0) is 0 Å². The molecule has 0 aromatic rings. The van der Waals surface area contributed by atoms with Gasteiger partial charge in [-0.25, -0.2) is 0 Å². The number of unbranched alkanes of at least 4 members (excludes halogenated alkanes) is 3. The van der Waals surface area contributed by atoms with Gasteiger partial charge in [0.15, 0.2) is 0 Å². The van der Waals surface area contributed by atoms with Crippen LogP contribution in [0.5, 0.6) is 0 Å². The van der Waals surface area contributed by atoms with Crippen molar-refractivity contribution in [3.8, 4) is 0 Å². The normalized spacial score (nSPS) is 14.8. The van der Waals surface area contributed by atoms with Gasteiger partial charge in [0.1, 0.15) is 0 Å². The lowest BCUT2D eigenvalue weighted by Gasteiger charge is -2.16. The van der Waals surface area contributed by atoms with Gasteiger partial charge in [0.2, 0.25) is 0 Å². The molecule has 4 heteroatoms. The first kappa shape index (κ1) is 13.1. The Kier molecular flexibility index (Phi) is 7.12. The van der Waals surface area contributed by atoms with Crippen LogP contribution in [-0.4, -0.2) is 6.00 Å². The first-order valence-electron chi connectivity index (χ1n) is 4.55. The fraction of sp³-hybridized carbons (Fsp3) is 1.00. The van der Waals surface area contributed by atoms with Crippen molar-refractivity contribution in [2.24, 2.45) is 0 Å². The maximum absolute atomic E-state index is 5.87. The maximum atomic E-state index is 5.87. The highest BCUT2D eigenvalue weighted by Gasteiger charge is 2.32. The van der Waals surface area contributed by atoms with Gasteiger partial charge in [-0.15, -0.1) is 33.2 Å². The summed E-state index contributed by atoms with van der Waals surface area (Å²) in [5, 5.41) is 0. The fourth-order valence-corrected chi connectivity index (χ4v) is 2.55. The van der Waals surface area contributed by atoms with E-state index < -0.39 is 6.00 Å². The van der Waals surface area contributed by atoms with Crippen LogP contribution in [0.4, 0.5) is 0 Å². The second kappa shape index (κ2) is 6.53. The van der Waals surface area contributed by atoms with Crippen LogP contribution in [0.1, 0.15) is 46.0 Å². The topological polar surface area (TPSA) is 0 Å². The lowest BCUT2D eigenvalue weighted by Crippen LogP contribution is -2.16. The van der Waals surface area contributed by atoms with Crippen LogP contribution < -0.4 is 0 Å². The van der Waals surface area contributed by atoms with Gasteiger partial charge < -0.3 is 0 Å². The predicted octanol–water partition coefficient (Wildman–Crippen LogP) is 5.00. The van der Waals surface area contributed by atoms with Crippen molar-refractivity contribution in [1.82, 2.24) is 0 Å². The number of halogens is 3. The van der Waals surface area contributed by atoms with Crippen molar-refractivity contribution in [2.75, 3.05) is 0 Å². The monoisotopic (exact) mass is 246 g/mol. The summed E-state index contributed by atoms with van der Waals surface area (Å²) in [5.41, 5.74) is 0.305. The summed E-state index contributed by atoms with van der Waals surface area (Å²) < 4.78 is 0. The van der Waals surface area contributed by atoms with Crippen LogP contribution in [0.15, 0.2) is 0 Å². The molecule has 0 saturated heterocycles. The Morgan fingerprint density at radius 3 is 2.08 bits per heavy atom. The van der Waals surface area contributed by atoms with Gasteiger partial charge in [-0.3, -0.25) is 0 Å². The van der Waals surface area contributed by atoms with E-state index in [2.05, 4.69) is 6.92 Å². The Morgan fingerprint density at radius 1 is 1.08 bits per heavy atom. The summed E-state index contributed by atoms with van der Waals surface area (Å²) in [6, 6.07) is -2.40.